The molecule has 0 spiro atoms. The summed E-state index contributed by atoms with van der Waals surface area (Å²) in [5.41, 5.74) is 2.48. The molecular weight excluding hydrogens is 448 g/mol. The van der Waals surface area contributed by atoms with E-state index in [1.54, 1.807) is 29.5 Å². The van der Waals surface area contributed by atoms with Crippen molar-refractivity contribution in [1.29, 1.82) is 0 Å². The van der Waals surface area contributed by atoms with E-state index in [1.165, 1.54) is 0 Å². The fourth-order valence-electron chi connectivity index (χ4n) is 3.92. The highest BCUT2D eigenvalue weighted by Gasteiger charge is 2.32. The largest absolute Gasteiger partial charge is 0.494 e. The van der Waals surface area contributed by atoms with Crippen molar-refractivity contribution in [2.75, 3.05) is 32.8 Å². The molecule has 172 valence electrons. The van der Waals surface area contributed by atoms with E-state index >= 15 is 0 Å². The number of benzene rings is 1. The highest BCUT2D eigenvalue weighted by Crippen LogP contribution is 2.27. The van der Waals surface area contributed by atoms with Crippen molar-refractivity contribution in [1.82, 2.24) is 19.3 Å². The van der Waals surface area contributed by atoms with Crippen LogP contribution >= 0.6 is 11.3 Å². The fraction of sp³-hybridized carbons (Fsp3) is 0.455. The molecule has 0 atom stereocenters. The van der Waals surface area contributed by atoms with E-state index in [2.05, 4.69) is 15.4 Å². The second-order valence-electron chi connectivity index (χ2n) is 7.79. The predicted molar refractivity (Wildman–Crippen MR) is 123 cm³/mol. The van der Waals surface area contributed by atoms with E-state index in [9.17, 15) is 8.42 Å². The molecule has 32 heavy (non-hydrogen) atoms. The van der Waals surface area contributed by atoms with Gasteiger partial charge in [-0.15, -0.1) is 11.3 Å². The maximum absolute atomic E-state index is 13.1. The van der Waals surface area contributed by atoms with Gasteiger partial charge in [-0.3, -0.25) is 4.90 Å². The van der Waals surface area contributed by atoms with E-state index < -0.39 is 10.0 Å². The molecule has 0 aliphatic carbocycles. The van der Waals surface area contributed by atoms with Crippen molar-refractivity contribution >= 4 is 21.4 Å². The molecule has 0 bridgehead atoms. The number of nitrogens with zero attached hydrogens (tertiary/aromatic N) is 4. The molecule has 1 fully saturated rings. The average Bonchev–Trinajstić information content (AvgIpc) is 3.28. The molecule has 3 aromatic rings. The molecule has 0 saturated carbocycles. The summed E-state index contributed by atoms with van der Waals surface area (Å²) in [6.45, 7) is 9.01. The third-order valence-electron chi connectivity index (χ3n) is 5.46. The van der Waals surface area contributed by atoms with Crippen LogP contribution < -0.4 is 4.74 Å². The molecule has 0 amide bonds. The summed E-state index contributed by atoms with van der Waals surface area (Å²) in [5.74, 6) is 1.20. The lowest BCUT2D eigenvalue weighted by Gasteiger charge is -2.21. The molecule has 1 aliphatic rings. The highest BCUT2D eigenvalue weighted by molar-refractivity contribution is 7.89. The lowest BCUT2D eigenvalue weighted by molar-refractivity contribution is 0.276. The van der Waals surface area contributed by atoms with Crippen LogP contribution in [0.2, 0.25) is 0 Å². The van der Waals surface area contributed by atoms with Gasteiger partial charge in [-0.25, -0.2) is 13.4 Å². The van der Waals surface area contributed by atoms with Crippen molar-refractivity contribution in [3.63, 3.8) is 0 Å². The summed E-state index contributed by atoms with van der Waals surface area (Å²) < 4.78 is 38.4. The summed E-state index contributed by atoms with van der Waals surface area (Å²) in [7, 11) is -3.61. The lowest BCUT2D eigenvalue weighted by Crippen LogP contribution is -2.35. The molecular formula is C22H28N4O4S2. The Morgan fingerprint density at radius 2 is 1.91 bits per heavy atom. The first kappa shape index (κ1) is 22.9. The van der Waals surface area contributed by atoms with Gasteiger partial charge >= 0.3 is 0 Å². The molecule has 0 unspecified atom stereocenters. The summed E-state index contributed by atoms with van der Waals surface area (Å²) in [5, 5.41) is 6.86. The van der Waals surface area contributed by atoms with Crippen LogP contribution in [0.1, 0.15) is 30.5 Å². The van der Waals surface area contributed by atoms with Gasteiger partial charge in [0, 0.05) is 37.1 Å². The first-order valence-corrected chi connectivity index (χ1v) is 13.0. The Morgan fingerprint density at radius 3 is 2.59 bits per heavy atom. The van der Waals surface area contributed by atoms with Crippen molar-refractivity contribution in [2.45, 2.75) is 38.6 Å². The van der Waals surface area contributed by atoms with E-state index in [1.807, 2.05) is 31.2 Å². The Kier molecular flexibility index (Phi) is 6.94. The van der Waals surface area contributed by atoms with Crippen molar-refractivity contribution in [2.24, 2.45) is 0 Å². The molecule has 1 aliphatic heterocycles. The molecule has 8 nitrogen and oxygen atoms in total. The zero-order chi connectivity index (χ0) is 22.7. The number of aryl methyl sites for hydroxylation is 2. The van der Waals surface area contributed by atoms with Crippen molar-refractivity contribution < 1.29 is 17.7 Å². The van der Waals surface area contributed by atoms with Crippen LogP contribution in [0, 0.1) is 13.8 Å². The van der Waals surface area contributed by atoms with Gasteiger partial charge in [0.1, 0.15) is 21.3 Å². The summed E-state index contributed by atoms with van der Waals surface area (Å²) >= 11 is 1.62. The van der Waals surface area contributed by atoms with Gasteiger partial charge < -0.3 is 9.26 Å². The molecule has 0 N–H and O–H groups in total. The molecule has 3 heterocycles. The fourth-order valence-corrected chi connectivity index (χ4v) is 6.50. The van der Waals surface area contributed by atoms with Gasteiger partial charge in [0.05, 0.1) is 12.3 Å². The van der Waals surface area contributed by atoms with E-state index in [4.69, 9.17) is 14.2 Å². The molecule has 2 aromatic heterocycles. The van der Waals surface area contributed by atoms with Crippen LogP contribution in [-0.4, -0.2) is 60.5 Å². The smallest absolute Gasteiger partial charge is 0.248 e. The van der Waals surface area contributed by atoms with Crippen LogP contribution in [0.5, 0.6) is 5.75 Å². The number of hydrogen-bond donors (Lipinski definition) is 0. The summed E-state index contributed by atoms with van der Waals surface area (Å²) in [6.07, 6.45) is 0.762. The monoisotopic (exact) mass is 476 g/mol. The van der Waals surface area contributed by atoms with Gasteiger partial charge in [-0.2, -0.15) is 4.31 Å². The van der Waals surface area contributed by atoms with Crippen LogP contribution in [0.15, 0.2) is 39.1 Å². The molecule has 1 aromatic carbocycles. The Morgan fingerprint density at radius 1 is 1.12 bits per heavy atom. The van der Waals surface area contributed by atoms with E-state index in [-0.39, 0.29) is 4.90 Å². The van der Waals surface area contributed by atoms with Crippen LogP contribution in [0.25, 0.3) is 10.6 Å². The lowest BCUT2D eigenvalue weighted by atomic mass is 10.2. The molecule has 0 radical (unpaired) electrons. The first-order valence-electron chi connectivity index (χ1n) is 10.7. The van der Waals surface area contributed by atoms with Crippen LogP contribution in [0.4, 0.5) is 0 Å². The molecule has 4 rings (SSSR count). The number of hydrogen-bond acceptors (Lipinski definition) is 8. The standard InChI is InChI=1S/C22H28N4O4S2/c1-4-29-20-8-6-18(7-9-20)22-23-19(15-31-22)14-25-10-5-11-26(13-12-25)32(27,28)21-16(2)24-30-17(21)3/h6-9,15H,4-5,10-14H2,1-3H3. The number of aromatic nitrogens is 2. The number of ether oxygens (including phenoxy) is 1. The van der Waals surface area contributed by atoms with Gasteiger partial charge in [-0.1, -0.05) is 5.16 Å². The summed E-state index contributed by atoms with van der Waals surface area (Å²) in [4.78, 5) is 7.26. The Labute approximate surface area is 192 Å². The van der Waals surface area contributed by atoms with Crippen molar-refractivity contribution in [3.8, 4) is 16.3 Å². The molecule has 1 saturated heterocycles. The van der Waals surface area contributed by atoms with Gasteiger partial charge in [0.2, 0.25) is 10.0 Å². The highest BCUT2D eigenvalue weighted by atomic mass is 32.2. The topological polar surface area (TPSA) is 88.8 Å². The second-order valence-corrected chi connectivity index (χ2v) is 10.5. The SMILES string of the molecule is CCOc1ccc(-c2nc(CN3CCCN(S(=O)(=O)c4c(C)noc4C)CC3)cs2)cc1. The van der Waals surface area contributed by atoms with Crippen molar-refractivity contribution in [3.05, 3.63) is 46.8 Å². The van der Waals surface area contributed by atoms with Gasteiger partial charge in [0.15, 0.2) is 5.76 Å². The number of sulfonamides is 1. The maximum Gasteiger partial charge on any atom is 0.248 e. The maximum atomic E-state index is 13.1. The van der Waals surface area contributed by atoms with E-state index in [0.717, 1.165) is 35.0 Å². The zero-order valence-corrected chi connectivity index (χ0v) is 20.2. The minimum Gasteiger partial charge on any atom is -0.494 e. The van der Waals surface area contributed by atoms with Crippen LogP contribution in [0.3, 0.4) is 0 Å². The third kappa shape index (κ3) is 4.88. The predicted octanol–water partition coefficient (Wildman–Crippen LogP) is 3.71. The second kappa shape index (κ2) is 9.70. The first-order chi connectivity index (χ1) is 15.4. The third-order valence-corrected chi connectivity index (χ3v) is 8.55. The zero-order valence-electron chi connectivity index (χ0n) is 18.6. The minimum atomic E-state index is -3.61. The number of thiazole rings is 1. The Balaban J connectivity index is 1.40. The van der Waals surface area contributed by atoms with Crippen LogP contribution in [-0.2, 0) is 16.6 Å². The average molecular weight is 477 g/mol. The minimum absolute atomic E-state index is 0.199. The van der Waals surface area contributed by atoms with Gasteiger partial charge in [-0.05, 0) is 58.0 Å². The Hall–Kier alpha value is -2.27. The number of rotatable bonds is 7. The summed E-state index contributed by atoms with van der Waals surface area (Å²) in [6, 6.07) is 7.97. The normalized spacial score (nSPS) is 16.2. The quantitative estimate of drug-likeness (QED) is 0.514. The van der Waals surface area contributed by atoms with Gasteiger partial charge in [0.25, 0.3) is 0 Å². The van der Waals surface area contributed by atoms with E-state index in [0.29, 0.717) is 44.2 Å². The molecule has 10 heteroatoms. The Bertz CT molecular complexity index is 1140.